The second-order valence-electron chi connectivity index (χ2n) is 5.75. The first-order chi connectivity index (χ1) is 7.84. The van der Waals surface area contributed by atoms with Crippen LogP contribution in [0.1, 0.15) is 52.0 Å². The Kier molecular flexibility index (Phi) is 5.68. The lowest BCUT2D eigenvalue weighted by Gasteiger charge is -2.30. The van der Waals surface area contributed by atoms with Crippen molar-refractivity contribution in [3.63, 3.8) is 0 Å². The fraction of sp³-hybridized carbons (Fsp3) is 0.714. The summed E-state index contributed by atoms with van der Waals surface area (Å²) >= 11 is 5.39. The maximum atomic E-state index is 3.60. The smallest absolute Gasteiger partial charge is 0.0701 e. The van der Waals surface area contributed by atoms with Crippen LogP contribution < -0.4 is 5.32 Å². The van der Waals surface area contributed by atoms with Crippen molar-refractivity contribution in [1.82, 2.24) is 5.32 Å². The lowest BCUT2D eigenvalue weighted by Crippen LogP contribution is -2.26. The Hall–Kier alpha value is 0.140. The molecule has 0 aliphatic heterocycles. The summed E-state index contributed by atoms with van der Waals surface area (Å²) < 4.78 is 1.22. The van der Waals surface area contributed by atoms with Gasteiger partial charge in [-0.1, -0.05) is 34.6 Å². The van der Waals surface area contributed by atoms with E-state index in [0.717, 1.165) is 6.54 Å². The molecule has 0 spiro atoms. The largest absolute Gasteiger partial charge is 0.310 e. The number of thiophene rings is 1. The second-order valence-corrected chi connectivity index (χ2v) is 8.25. The van der Waals surface area contributed by atoms with Crippen molar-refractivity contribution in [2.45, 2.75) is 47.1 Å². The van der Waals surface area contributed by atoms with E-state index in [-0.39, 0.29) is 0 Å². The van der Waals surface area contributed by atoms with Gasteiger partial charge in [0.25, 0.3) is 0 Å². The van der Waals surface area contributed by atoms with Crippen LogP contribution in [0.2, 0.25) is 0 Å². The van der Waals surface area contributed by atoms with E-state index < -0.39 is 0 Å². The molecule has 2 atom stereocenters. The van der Waals surface area contributed by atoms with Crippen LogP contribution in [0, 0.1) is 11.3 Å². The minimum Gasteiger partial charge on any atom is -0.310 e. The third-order valence-electron chi connectivity index (χ3n) is 3.46. The molecule has 0 saturated carbocycles. The molecule has 1 aromatic rings. The molecule has 98 valence electrons. The zero-order valence-corrected chi connectivity index (χ0v) is 13.9. The Balaban J connectivity index is 2.73. The minimum absolute atomic E-state index is 0.377. The lowest BCUT2D eigenvalue weighted by atomic mass is 9.78. The standard InChI is InChI=1S/C14H24BrNS/c1-6-16-11(9-10(2)14(3,4)5)12-7-8-13(15)17-12/h7-8,10-11,16H,6,9H2,1-5H3. The Bertz CT molecular complexity index is 340. The summed E-state index contributed by atoms with van der Waals surface area (Å²) in [7, 11) is 0. The molecule has 0 aliphatic carbocycles. The summed E-state index contributed by atoms with van der Waals surface area (Å²) in [4.78, 5) is 1.44. The summed E-state index contributed by atoms with van der Waals surface area (Å²) in [5, 5.41) is 3.60. The van der Waals surface area contributed by atoms with Crippen molar-refractivity contribution in [2.24, 2.45) is 11.3 Å². The van der Waals surface area contributed by atoms with Crippen LogP contribution in [-0.2, 0) is 0 Å². The van der Waals surface area contributed by atoms with Gasteiger partial charge in [0.1, 0.15) is 0 Å². The highest BCUT2D eigenvalue weighted by atomic mass is 79.9. The van der Waals surface area contributed by atoms with Gasteiger partial charge in [-0.05, 0) is 52.4 Å². The molecule has 1 nitrogen and oxygen atoms in total. The van der Waals surface area contributed by atoms with Gasteiger partial charge in [-0.25, -0.2) is 0 Å². The number of hydrogen-bond donors (Lipinski definition) is 1. The van der Waals surface area contributed by atoms with Crippen LogP contribution in [0.5, 0.6) is 0 Å². The molecule has 0 fully saturated rings. The van der Waals surface area contributed by atoms with E-state index in [9.17, 15) is 0 Å². The average molecular weight is 318 g/mol. The molecule has 0 aromatic carbocycles. The molecule has 3 heteroatoms. The maximum absolute atomic E-state index is 3.60. The first-order valence-corrected chi connectivity index (χ1v) is 7.94. The summed E-state index contributed by atoms with van der Waals surface area (Å²) in [5.41, 5.74) is 0.377. The highest BCUT2D eigenvalue weighted by Crippen LogP contribution is 2.36. The molecule has 1 aromatic heterocycles. The Labute approximate surface area is 118 Å². The minimum atomic E-state index is 0.377. The normalized spacial score (nSPS) is 15.9. The van der Waals surface area contributed by atoms with E-state index in [2.05, 4.69) is 68.0 Å². The van der Waals surface area contributed by atoms with Crippen molar-refractivity contribution in [3.8, 4) is 0 Å². The van der Waals surface area contributed by atoms with Gasteiger partial charge < -0.3 is 5.32 Å². The lowest BCUT2D eigenvalue weighted by molar-refractivity contribution is 0.225. The quantitative estimate of drug-likeness (QED) is 0.783. The Morgan fingerprint density at radius 3 is 2.41 bits per heavy atom. The van der Waals surface area contributed by atoms with Gasteiger partial charge in [0.05, 0.1) is 3.79 Å². The van der Waals surface area contributed by atoms with Gasteiger partial charge in [0, 0.05) is 10.9 Å². The van der Waals surface area contributed by atoms with E-state index in [1.165, 1.54) is 15.1 Å². The number of halogens is 1. The van der Waals surface area contributed by atoms with Gasteiger partial charge in [0.15, 0.2) is 0 Å². The highest BCUT2D eigenvalue weighted by molar-refractivity contribution is 9.11. The fourth-order valence-corrected chi connectivity index (χ4v) is 3.28. The van der Waals surface area contributed by atoms with E-state index in [4.69, 9.17) is 0 Å². The van der Waals surface area contributed by atoms with E-state index >= 15 is 0 Å². The van der Waals surface area contributed by atoms with Crippen LogP contribution >= 0.6 is 27.3 Å². The van der Waals surface area contributed by atoms with Gasteiger partial charge in [-0.3, -0.25) is 0 Å². The molecule has 17 heavy (non-hydrogen) atoms. The van der Waals surface area contributed by atoms with Gasteiger partial charge >= 0.3 is 0 Å². The zero-order valence-electron chi connectivity index (χ0n) is 11.5. The van der Waals surface area contributed by atoms with Crippen molar-refractivity contribution in [2.75, 3.05) is 6.54 Å². The molecule has 1 heterocycles. The second kappa shape index (κ2) is 6.35. The molecule has 2 unspecified atom stereocenters. The van der Waals surface area contributed by atoms with Crippen molar-refractivity contribution in [1.29, 1.82) is 0 Å². The van der Waals surface area contributed by atoms with Crippen LogP contribution in [0.25, 0.3) is 0 Å². The summed E-state index contributed by atoms with van der Waals surface area (Å²) in [5.74, 6) is 0.701. The molecule has 0 amide bonds. The monoisotopic (exact) mass is 317 g/mol. The highest BCUT2D eigenvalue weighted by Gasteiger charge is 2.24. The van der Waals surface area contributed by atoms with Crippen molar-refractivity contribution in [3.05, 3.63) is 20.8 Å². The molecule has 0 aliphatic rings. The average Bonchev–Trinajstić information content (AvgIpc) is 2.62. The molecule has 0 radical (unpaired) electrons. The molecular formula is C14H24BrNS. The van der Waals surface area contributed by atoms with Crippen LogP contribution in [0.3, 0.4) is 0 Å². The number of nitrogens with one attached hydrogen (secondary N) is 1. The summed E-state index contributed by atoms with van der Waals surface area (Å²) in [6.07, 6.45) is 1.20. The predicted octanol–water partition coefficient (Wildman–Crippen LogP) is 5.23. The SMILES string of the molecule is CCNC(CC(C)C(C)(C)C)c1ccc(Br)s1. The molecule has 0 saturated heterocycles. The van der Waals surface area contributed by atoms with E-state index in [0.29, 0.717) is 17.4 Å². The predicted molar refractivity (Wildman–Crippen MR) is 81.7 cm³/mol. The Morgan fingerprint density at radius 1 is 1.35 bits per heavy atom. The maximum Gasteiger partial charge on any atom is 0.0701 e. The van der Waals surface area contributed by atoms with Crippen LogP contribution in [0.15, 0.2) is 15.9 Å². The van der Waals surface area contributed by atoms with Crippen LogP contribution in [-0.4, -0.2) is 6.54 Å². The third kappa shape index (κ3) is 4.72. The van der Waals surface area contributed by atoms with E-state index in [1.807, 2.05) is 11.3 Å². The summed E-state index contributed by atoms with van der Waals surface area (Å²) in [6, 6.07) is 4.87. The van der Waals surface area contributed by atoms with Crippen molar-refractivity contribution < 1.29 is 0 Å². The molecular weight excluding hydrogens is 294 g/mol. The molecule has 1 N–H and O–H groups in total. The first-order valence-electron chi connectivity index (χ1n) is 6.33. The van der Waals surface area contributed by atoms with Crippen LogP contribution in [0.4, 0.5) is 0 Å². The molecule has 0 bridgehead atoms. The fourth-order valence-electron chi connectivity index (χ4n) is 1.77. The van der Waals surface area contributed by atoms with E-state index in [1.54, 1.807) is 0 Å². The number of rotatable bonds is 5. The third-order valence-corrected chi connectivity index (χ3v) is 5.19. The van der Waals surface area contributed by atoms with Gasteiger partial charge in [0.2, 0.25) is 0 Å². The van der Waals surface area contributed by atoms with Crippen molar-refractivity contribution >= 4 is 27.3 Å². The number of hydrogen-bond acceptors (Lipinski definition) is 2. The first kappa shape index (κ1) is 15.2. The van der Waals surface area contributed by atoms with Gasteiger partial charge in [-0.2, -0.15) is 0 Å². The molecule has 1 rings (SSSR count). The Morgan fingerprint density at radius 2 is 2.00 bits per heavy atom. The zero-order chi connectivity index (χ0) is 13.1. The summed E-state index contributed by atoms with van der Waals surface area (Å²) in [6.45, 7) is 12.5. The topological polar surface area (TPSA) is 12.0 Å². The van der Waals surface area contributed by atoms with Gasteiger partial charge in [-0.15, -0.1) is 11.3 Å².